The van der Waals surface area contributed by atoms with Crippen molar-refractivity contribution in [2.45, 2.75) is 39.0 Å². The molecule has 1 aromatic heterocycles. The van der Waals surface area contributed by atoms with Gasteiger partial charge in [0, 0.05) is 31.6 Å². The van der Waals surface area contributed by atoms with Crippen molar-refractivity contribution in [3.8, 4) is 0 Å². The van der Waals surface area contributed by atoms with E-state index in [0.717, 1.165) is 39.0 Å². The molecule has 142 valence electrons. The number of ether oxygens (including phenoxy) is 2. The highest BCUT2D eigenvalue weighted by Gasteiger charge is 2.02. The van der Waals surface area contributed by atoms with Gasteiger partial charge in [-0.15, -0.1) is 0 Å². The van der Waals surface area contributed by atoms with Gasteiger partial charge >= 0.3 is 0 Å². The Bertz CT molecular complexity index is 692. The molecule has 0 atom stereocenters. The number of rotatable bonds is 12. The van der Waals surface area contributed by atoms with Crippen LogP contribution in [0, 0.1) is 0 Å². The smallest absolute Gasteiger partial charge is 0.0948 e. The summed E-state index contributed by atoms with van der Waals surface area (Å²) in [4.78, 5) is 4.30. The molecule has 2 aromatic carbocycles. The molecular formula is C23H28N2O2. The van der Waals surface area contributed by atoms with Gasteiger partial charge in [0.1, 0.15) is 0 Å². The van der Waals surface area contributed by atoms with Gasteiger partial charge in [-0.25, -0.2) is 4.98 Å². The highest BCUT2D eigenvalue weighted by Crippen LogP contribution is 2.07. The maximum Gasteiger partial charge on any atom is 0.0948 e. The van der Waals surface area contributed by atoms with Gasteiger partial charge in [-0.05, 0) is 30.4 Å². The standard InChI is InChI=1S/C23H28N2O2/c1-3-9-21(10-4-1)18-26-15-7-13-23-17-24-20-25(23)14-8-16-27-19-22-11-5-2-6-12-22/h1-6,9-12,17,20H,7-8,13-16,18-19H2. The van der Waals surface area contributed by atoms with Gasteiger partial charge in [-0.2, -0.15) is 0 Å². The minimum absolute atomic E-state index is 0.677. The molecule has 4 nitrogen and oxygen atoms in total. The molecule has 0 N–H and O–H groups in total. The lowest BCUT2D eigenvalue weighted by atomic mass is 10.2. The number of aromatic nitrogens is 2. The van der Waals surface area contributed by atoms with E-state index < -0.39 is 0 Å². The Labute approximate surface area is 161 Å². The molecule has 3 rings (SSSR count). The van der Waals surface area contributed by atoms with E-state index in [0.29, 0.717) is 13.2 Å². The summed E-state index contributed by atoms with van der Waals surface area (Å²) in [5, 5.41) is 0. The topological polar surface area (TPSA) is 36.3 Å². The summed E-state index contributed by atoms with van der Waals surface area (Å²) in [6.45, 7) is 3.82. The Kier molecular flexibility index (Phi) is 8.11. The van der Waals surface area contributed by atoms with Gasteiger partial charge in [0.25, 0.3) is 0 Å². The summed E-state index contributed by atoms with van der Waals surface area (Å²) in [6, 6.07) is 20.6. The molecule has 0 bridgehead atoms. The van der Waals surface area contributed by atoms with Crippen molar-refractivity contribution < 1.29 is 9.47 Å². The molecule has 27 heavy (non-hydrogen) atoms. The lowest BCUT2D eigenvalue weighted by Gasteiger charge is -2.09. The zero-order chi connectivity index (χ0) is 18.6. The van der Waals surface area contributed by atoms with E-state index in [1.54, 1.807) is 0 Å². The third-order valence-corrected chi connectivity index (χ3v) is 4.43. The van der Waals surface area contributed by atoms with E-state index in [1.165, 1.54) is 16.8 Å². The molecular weight excluding hydrogens is 336 g/mol. The summed E-state index contributed by atoms with van der Waals surface area (Å²) in [6.07, 6.45) is 6.85. The van der Waals surface area contributed by atoms with Gasteiger partial charge in [-0.3, -0.25) is 0 Å². The first-order valence-corrected chi connectivity index (χ1v) is 9.64. The maximum absolute atomic E-state index is 5.76. The summed E-state index contributed by atoms with van der Waals surface area (Å²) in [7, 11) is 0. The van der Waals surface area contributed by atoms with E-state index in [2.05, 4.69) is 33.8 Å². The van der Waals surface area contributed by atoms with Crippen LogP contribution in [0.15, 0.2) is 73.2 Å². The third kappa shape index (κ3) is 7.00. The van der Waals surface area contributed by atoms with Crippen LogP contribution in [0.4, 0.5) is 0 Å². The zero-order valence-electron chi connectivity index (χ0n) is 15.8. The zero-order valence-corrected chi connectivity index (χ0v) is 15.8. The van der Waals surface area contributed by atoms with Crippen LogP contribution in [0.5, 0.6) is 0 Å². The minimum atomic E-state index is 0.677. The first-order valence-electron chi connectivity index (χ1n) is 9.64. The number of benzene rings is 2. The monoisotopic (exact) mass is 364 g/mol. The Morgan fingerprint density at radius 2 is 1.33 bits per heavy atom. The van der Waals surface area contributed by atoms with Crippen LogP contribution in [0.3, 0.4) is 0 Å². The Morgan fingerprint density at radius 1 is 0.741 bits per heavy atom. The predicted molar refractivity (Wildman–Crippen MR) is 107 cm³/mol. The first kappa shape index (κ1) is 19.3. The summed E-state index contributed by atoms with van der Waals surface area (Å²) >= 11 is 0. The van der Waals surface area contributed by atoms with Gasteiger partial charge in [0.2, 0.25) is 0 Å². The number of nitrogens with zero attached hydrogens (tertiary/aromatic N) is 2. The normalized spacial score (nSPS) is 11.0. The number of hydrogen-bond donors (Lipinski definition) is 0. The van der Waals surface area contributed by atoms with Crippen LogP contribution in [-0.4, -0.2) is 22.8 Å². The van der Waals surface area contributed by atoms with Crippen LogP contribution in [0.2, 0.25) is 0 Å². The Hall–Kier alpha value is -2.43. The largest absolute Gasteiger partial charge is 0.377 e. The molecule has 0 aliphatic heterocycles. The predicted octanol–water partition coefficient (Wildman–Crippen LogP) is 4.64. The molecule has 4 heteroatoms. The van der Waals surface area contributed by atoms with Crippen molar-refractivity contribution in [3.63, 3.8) is 0 Å². The summed E-state index contributed by atoms with van der Waals surface area (Å²) < 4.78 is 13.7. The third-order valence-electron chi connectivity index (χ3n) is 4.43. The van der Waals surface area contributed by atoms with Crippen LogP contribution in [-0.2, 0) is 35.7 Å². The molecule has 0 unspecified atom stereocenters. The number of hydrogen-bond acceptors (Lipinski definition) is 3. The quantitative estimate of drug-likeness (QED) is 0.439. The fourth-order valence-electron chi connectivity index (χ4n) is 2.98. The Balaban J connectivity index is 1.28. The second-order valence-electron chi connectivity index (χ2n) is 6.61. The molecule has 3 aromatic rings. The number of imidazole rings is 1. The van der Waals surface area contributed by atoms with Crippen molar-refractivity contribution in [1.82, 2.24) is 9.55 Å². The fourth-order valence-corrected chi connectivity index (χ4v) is 2.98. The Morgan fingerprint density at radius 3 is 1.96 bits per heavy atom. The molecule has 0 radical (unpaired) electrons. The molecule has 0 saturated carbocycles. The van der Waals surface area contributed by atoms with Gasteiger partial charge in [-0.1, -0.05) is 60.7 Å². The fraction of sp³-hybridized carbons (Fsp3) is 0.348. The number of aryl methyl sites for hydroxylation is 2. The molecule has 0 amide bonds. The van der Waals surface area contributed by atoms with E-state index in [9.17, 15) is 0 Å². The van der Waals surface area contributed by atoms with Gasteiger partial charge in [0.05, 0.1) is 19.5 Å². The van der Waals surface area contributed by atoms with Crippen molar-refractivity contribution >= 4 is 0 Å². The second kappa shape index (κ2) is 11.3. The molecule has 0 fully saturated rings. The van der Waals surface area contributed by atoms with Crippen molar-refractivity contribution in [2.75, 3.05) is 13.2 Å². The van der Waals surface area contributed by atoms with E-state index in [-0.39, 0.29) is 0 Å². The van der Waals surface area contributed by atoms with Crippen molar-refractivity contribution in [3.05, 3.63) is 90.0 Å². The molecule has 0 spiro atoms. The van der Waals surface area contributed by atoms with Crippen LogP contribution in [0.25, 0.3) is 0 Å². The van der Waals surface area contributed by atoms with E-state index in [1.807, 2.05) is 48.9 Å². The van der Waals surface area contributed by atoms with Gasteiger partial charge < -0.3 is 14.0 Å². The van der Waals surface area contributed by atoms with Crippen LogP contribution in [0.1, 0.15) is 29.7 Å². The van der Waals surface area contributed by atoms with Crippen LogP contribution < -0.4 is 0 Å². The highest BCUT2D eigenvalue weighted by molar-refractivity contribution is 5.14. The molecule has 1 heterocycles. The molecule has 0 aliphatic rings. The van der Waals surface area contributed by atoms with E-state index >= 15 is 0 Å². The van der Waals surface area contributed by atoms with Crippen LogP contribution >= 0.6 is 0 Å². The second-order valence-corrected chi connectivity index (χ2v) is 6.61. The average Bonchev–Trinajstić information content (AvgIpc) is 3.16. The van der Waals surface area contributed by atoms with Crippen molar-refractivity contribution in [2.24, 2.45) is 0 Å². The van der Waals surface area contributed by atoms with Crippen molar-refractivity contribution in [1.29, 1.82) is 0 Å². The minimum Gasteiger partial charge on any atom is -0.377 e. The maximum atomic E-state index is 5.76. The van der Waals surface area contributed by atoms with E-state index in [4.69, 9.17) is 9.47 Å². The SMILES string of the molecule is c1ccc(COCCCc2cncn2CCCOCc2ccccc2)cc1. The first-order chi connectivity index (χ1) is 13.4. The average molecular weight is 364 g/mol. The molecule has 0 aliphatic carbocycles. The highest BCUT2D eigenvalue weighted by atomic mass is 16.5. The van der Waals surface area contributed by atoms with Gasteiger partial charge in [0.15, 0.2) is 0 Å². The summed E-state index contributed by atoms with van der Waals surface area (Å²) in [5.74, 6) is 0. The lowest BCUT2D eigenvalue weighted by Crippen LogP contribution is -2.06. The summed E-state index contributed by atoms with van der Waals surface area (Å²) in [5.41, 5.74) is 3.70. The lowest BCUT2D eigenvalue weighted by molar-refractivity contribution is 0.114. The molecule has 0 saturated heterocycles.